The Bertz CT molecular complexity index is 1680. The van der Waals surface area contributed by atoms with Crippen LogP contribution in [0.25, 0.3) is 0 Å². The molecule has 4 heterocycles. The van der Waals surface area contributed by atoms with Gasteiger partial charge in [0.1, 0.15) is 85.3 Å². The molecular formula is C45H76ClNO16P2. The SMILES string of the molecule is CC(C)N(C(C)C)P(C)Cl.CC(C)OC1[C@H]2OC(C)(C)O[C@H]2C(O)[C@@H]2OC(C)(C)O[C@@H]12.COP(=O)(Oc1ccc(C=O)cc1)OC1[C@@H]2OC(C)(C)O[C@@H]2C(OC(C)C)[C@@H]2OC(C)(C)O[C@@H]12. The number of halogens is 1. The molecule has 1 aromatic carbocycles. The van der Waals surface area contributed by atoms with Crippen LogP contribution in [0.15, 0.2) is 24.3 Å². The second-order valence-electron chi connectivity index (χ2n) is 20.0. The minimum absolute atomic E-state index is 0.0196. The zero-order valence-corrected chi connectivity index (χ0v) is 44.0. The summed E-state index contributed by atoms with van der Waals surface area (Å²) in [6, 6.07) is 7.22. The number of nitrogens with zero attached hydrogens (tertiary/aromatic N) is 1. The third kappa shape index (κ3) is 13.5. The van der Waals surface area contributed by atoms with Crippen LogP contribution < -0.4 is 4.52 Å². The van der Waals surface area contributed by atoms with E-state index in [2.05, 4.69) is 39.0 Å². The van der Waals surface area contributed by atoms with Gasteiger partial charge in [0, 0.05) is 24.8 Å². The molecule has 65 heavy (non-hydrogen) atoms. The van der Waals surface area contributed by atoms with E-state index < -0.39 is 93.3 Å². The van der Waals surface area contributed by atoms with Crippen molar-refractivity contribution in [2.24, 2.45) is 0 Å². The summed E-state index contributed by atoms with van der Waals surface area (Å²) in [6.45, 7) is 33.1. The van der Waals surface area contributed by atoms with Crippen molar-refractivity contribution in [3.8, 4) is 5.75 Å². The first kappa shape index (κ1) is 55.0. The first-order valence-electron chi connectivity index (χ1n) is 22.6. The number of benzene rings is 1. The summed E-state index contributed by atoms with van der Waals surface area (Å²) in [7, 11) is -3.35. The number of carbonyl (C=O) groups excluding carboxylic acids is 1. The van der Waals surface area contributed by atoms with E-state index in [1.165, 1.54) is 31.4 Å². The minimum atomic E-state index is -4.14. The van der Waals surface area contributed by atoms with Crippen molar-refractivity contribution in [1.82, 2.24) is 4.67 Å². The van der Waals surface area contributed by atoms with Crippen LogP contribution in [-0.2, 0) is 61.0 Å². The molecule has 0 amide bonds. The summed E-state index contributed by atoms with van der Waals surface area (Å²) in [4.78, 5) is 10.9. The van der Waals surface area contributed by atoms with Crippen LogP contribution >= 0.6 is 26.5 Å². The van der Waals surface area contributed by atoms with E-state index in [0.717, 1.165) is 0 Å². The van der Waals surface area contributed by atoms with E-state index in [4.69, 9.17) is 72.2 Å². The topological polar surface area (TPSA) is 178 Å². The molecule has 2 aliphatic carbocycles. The predicted octanol–water partition coefficient (Wildman–Crippen LogP) is 8.35. The van der Waals surface area contributed by atoms with E-state index in [9.17, 15) is 14.5 Å². The molecule has 4 saturated heterocycles. The van der Waals surface area contributed by atoms with Gasteiger partial charge in [0.05, 0.1) is 19.6 Å². The van der Waals surface area contributed by atoms with E-state index in [1.807, 2.05) is 55.4 Å². The molecule has 4 aliphatic heterocycles. The molecule has 14 atom stereocenters. The largest absolute Gasteiger partial charge is 0.530 e. The quantitative estimate of drug-likeness (QED) is 0.147. The number of aliphatic hydroxyl groups excluding tert-OH is 1. The van der Waals surface area contributed by atoms with Crippen molar-refractivity contribution in [1.29, 1.82) is 0 Å². The maximum atomic E-state index is 13.6. The van der Waals surface area contributed by atoms with Gasteiger partial charge < -0.3 is 57.0 Å². The Morgan fingerprint density at radius 2 is 0.954 bits per heavy atom. The zero-order valence-electron chi connectivity index (χ0n) is 41.4. The normalized spacial score (nSPS) is 36.2. The number of aliphatic hydroxyl groups is 1. The van der Waals surface area contributed by atoms with Gasteiger partial charge in [-0.25, -0.2) is 4.57 Å². The second-order valence-corrected chi connectivity index (χ2v) is 24.5. The van der Waals surface area contributed by atoms with Crippen LogP contribution in [-0.4, -0.2) is 151 Å². The lowest BCUT2D eigenvalue weighted by Crippen LogP contribution is -2.63. The van der Waals surface area contributed by atoms with Crippen molar-refractivity contribution >= 4 is 32.8 Å². The summed E-state index contributed by atoms with van der Waals surface area (Å²) in [6.07, 6.45) is -6.12. The Morgan fingerprint density at radius 1 is 0.631 bits per heavy atom. The Balaban J connectivity index is 0.000000216. The third-order valence-electron chi connectivity index (χ3n) is 11.2. The fourth-order valence-corrected chi connectivity index (χ4v) is 12.8. The van der Waals surface area contributed by atoms with Gasteiger partial charge in [-0.3, -0.25) is 18.5 Å². The van der Waals surface area contributed by atoms with Gasteiger partial charge in [-0.2, -0.15) is 0 Å². The standard InChI is InChI=1S/C23H33O10P.C15H26O6.C7H17ClNP/c1-13(2)27-16-17-19(30-22(3,4)28-17)21(20-18(16)29-23(5,6)31-20)33-34(25,26-7)32-15-10-8-14(12-24)9-11-15;1-7(2)17-11-12-9(18-14(3,4)20-12)8(16)10-13(11)21-15(5,6)19-10;1-6(2)9(7(3)4)10(5)8/h8-13,16-21H,1-7H3;7-13,16H,1-6H3;6-7H,1-5H3/t16?,17-,18+,19-,20-,21?,34?;8?,9-,10-,11?,12-,13+;/m10./s1. The van der Waals surface area contributed by atoms with Gasteiger partial charge in [0.15, 0.2) is 23.1 Å². The van der Waals surface area contributed by atoms with Crippen LogP contribution in [0.5, 0.6) is 5.75 Å². The first-order chi connectivity index (χ1) is 29.9. The second kappa shape index (κ2) is 21.2. The van der Waals surface area contributed by atoms with Crippen molar-refractivity contribution in [2.75, 3.05) is 13.8 Å². The van der Waals surface area contributed by atoms with Crippen LogP contribution in [0.1, 0.15) is 121 Å². The molecule has 20 heteroatoms. The number of aldehydes is 1. The van der Waals surface area contributed by atoms with Crippen LogP contribution in [0.3, 0.4) is 0 Å². The molecule has 7 rings (SSSR count). The smallest absolute Gasteiger partial charge is 0.404 e. The highest BCUT2D eigenvalue weighted by molar-refractivity contribution is 7.81. The minimum Gasteiger partial charge on any atom is -0.404 e. The molecule has 374 valence electrons. The number of hydrogen-bond donors (Lipinski definition) is 1. The number of fused-ring (bicyclic) bond motifs is 4. The fraction of sp³-hybridized carbons (Fsp3) is 0.844. The first-order valence-corrected chi connectivity index (χ1v) is 26.7. The van der Waals surface area contributed by atoms with Gasteiger partial charge >= 0.3 is 7.82 Å². The lowest BCUT2D eigenvalue weighted by atomic mass is 9.85. The fourth-order valence-electron chi connectivity index (χ4n) is 9.35. The number of carbonyl (C=O) groups is 1. The molecule has 0 spiro atoms. The number of ether oxygens (including phenoxy) is 10. The molecule has 6 aliphatic rings. The van der Waals surface area contributed by atoms with Crippen molar-refractivity contribution in [3.63, 3.8) is 0 Å². The highest BCUT2D eigenvalue weighted by Gasteiger charge is 2.66. The lowest BCUT2D eigenvalue weighted by Gasteiger charge is -2.43. The van der Waals surface area contributed by atoms with E-state index in [0.29, 0.717) is 23.9 Å². The highest BCUT2D eigenvalue weighted by Crippen LogP contribution is 2.55. The summed E-state index contributed by atoms with van der Waals surface area (Å²) in [5.41, 5.74) is 0.451. The van der Waals surface area contributed by atoms with Gasteiger partial charge in [0.2, 0.25) is 0 Å². The summed E-state index contributed by atoms with van der Waals surface area (Å²) in [5.74, 6) is -3.15. The molecule has 6 unspecified atom stereocenters. The molecule has 1 aromatic rings. The van der Waals surface area contributed by atoms with Crippen molar-refractivity contribution < 1.29 is 75.4 Å². The molecule has 0 bridgehead atoms. The predicted molar refractivity (Wildman–Crippen MR) is 244 cm³/mol. The lowest BCUT2D eigenvalue weighted by molar-refractivity contribution is -0.195. The number of phosphoric ester groups is 1. The highest BCUT2D eigenvalue weighted by atomic mass is 35.7. The van der Waals surface area contributed by atoms with Crippen LogP contribution in [0.2, 0.25) is 0 Å². The molecule has 17 nitrogen and oxygen atoms in total. The average molecular weight is 984 g/mol. The number of hydrogen-bond acceptors (Lipinski definition) is 17. The zero-order chi connectivity index (χ0) is 48.8. The van der Waals surface area contributed by atoms with Crippen molar-refractivity contribution in [3.05, 3.63) is 29.8 Å². The third-order valence-corrected chi connectivity index (χ3v) is 14.7. The molecule has 0 aromatic heterocycles. The average Bonchev–Trinajstić information content (AvgIpc) is 3.89. The van der Waals surface area contributed by atoms with Gasteiger partial charge in [-0.15, -0.1) is 0 Å². The molecule has 6 fully saturated rings. The number of rotatable bonds is 13. The van der Waals surface area contributed by atoms with Crippen LogP contribution in [0.4, 0.5) is 0 Å². The van der Waals surface area contributed by atoms with Crippen LogP contribution in [0, 0.1) is 0 Å². The Labute approximate surface area is 392 Å². The Morgan fingerprint density at radius 3 is 1.23 bits per heavy atom. The summed E-state index contributed by atoms with van der Waals surface area (Å²) >= 11 is 6.02. The van der Waals surface area contributed by atoms with E-state index in [-0.39, 0.29) is 36.3 Å². The van der Waals surface area contributed by atoms with Gasteiger partial charge in [-0.1, -0.05) is 11.2 Å². The Hall–Kier alpha value is -0.920. The molecule has 1 N–H and O–H groups in total. The number of phosphoric acid groups is 1. The summed E-state index contributed by atoms with van der Waals surface area (Å²) in [5, 5.41) is 10.6. The Kier molecular flexibility index (Phi) is 17.9. The van der Waals surface area contributed by atoms with Gasteiger partial charge in [0.25, 0.3) is 0 Å². The van der Waals surface area contributed by atoms with E-state index >= 15 is 0 Å². The molecule has 0 radical (unpaired) electrons. The summed E-state index contributed by atoms with van der Waals surface area (Å²) < 4.78 is 93.4. The van der Waals surface area contributed by atoms with E-state index in [1.54, 1.807) is 27.7 Å². The van der Waals surface area contributed by atoms with Gasteiger partial charge in [-0.05, 0) is 142 Å². The molecule has 2 saturated carbocycles. The maximum absolute atomic E-state index is 13.6. The monoisotopic (exact) mass is 983 g/mol. The molecular weight excluding hydrogens is 908 g/mol. The maximum Gasteiger partial charge on any atom is 0.530 e. The van der Waals surface area contributed by atoms with Crippen molar-refractivity contribution in [2.45, 2.75) is 231 Å².